The quantitative estimate of drug-likeness (QED) is 0.138. The van der Waals surface area contributed by atoms with Gasteiger partial charge in [-0.25, -0.2) is 15.0 Å². The predicted octanol–water partition coefficient (Wildman–Crippen LogP) is 16.5. The van der Waals surface area contributed by atoms with Gasteiger partial charge in [-0.2, -0.15) is 0 Å². The summed E-state index contributed by atoms with van der Waals surface area (Å²) < 4.78 is 0. The zero-order valence-corrected chi connectivity index (χ0v) is 36.2. The fourth-order valence-corrected chi connectivity index (χ4v) is 9.05. The molecule has 0 radical (unpaired) electrons. The van der Waals surface area contributed by atoms with E-state index >= 15 is 0 Å². The first-order valence-corrected chi connectivity index (χ1v) is 22.4. The van der Waals surface area contributed by atoms with Crippen molar-refractivity contribution in [2.45, 2.75) is 0 Å². The van der Waals surface area contributed by atoms with Crippen LogP contribution in [0.3, 0.4) is 0 Å². The molecule has 0 aliphatic carbocycles. The summed E-state index contributed by atoms with van der Waals surface area (Å²) >= 11 is 0. The summed E-state index contributed by atoms with van der Waals surface area (Å²) in [5.74, 6) is 1.80. The molecule has 1 heterocycles. The van der Waals surface area contributed by atoms with Crippen LogP contribution in [0.1, 0.15) is 0 Å². The molecule has 0 saturated carbocycles. The van der Waals surface area contributed by atoms with Gasteiger partial charge in [-0.3, -0.25) is 0 Å². The molecule has 3 nitrogen and oxygen atoms in total. The van der Waals surface area contributed by atoms with Crippen molar-refractivity contribution in [3.8, 4) is 112 Å². The van der Waals surface area contributed by atoms with Crippen LogP contribution in [0.25, 0.3) is 112 Å². The van der Waals surface area contributed by atoms with E-state index in [4.69, 9.17) is 15.0 Å². The lowest BCUT2D eigenvalue weighted by Gasteiger charge is -2.25. The van der Waals surface area contributed by atoms with Gasteiger partial charge < -0.3 is 0 Å². The largest absolute Gasteiger partial charge is 0.208 e. The van der Waals surface area contributed by atoms with Crippen LogP contribution in [-0.4, -0.2) is 15.0 Å². The number of benzene rings is 10. The minimum absolute atomic E-state index is 0.592. The van der Waals surface area contributed by atoms with E-state index in [1.807, 2.05) is 18.2 Å². The average Bonchev–Trinajstić information content (AvgIpc) is 3.41. The van der Waals surface area contributed by atoms with Crippen LogP contribution in [0.4, 0.5) is 0 Å². The molecule has 0 N–H and O–H groups in total. The molecule has 11 aromatic rings. The van der Waals surface area contributed by atoms with Crippen molar-refractivity contribution in [2.75, 3.05) is 0 Å². The molecule has 0 bridgehead atoms. The number of nitrogens with zero attached hydrogens (tertiary/aromatic N) is 3. The van der Waals surface area contributed by atoms with Crippen LogP contribution in [0.15, 0.2) is 261 Å². The molecule has 3 heteroatoms. The Morgan fingerprint density at radius 3 is 0.955 bits per heavy atom. The molecule has 0 atom stereocenters. The van der Waals surface area contributed by atoms with Crippen molar-refractivity contribution in [3.05, 3.63) is 261 Å². The maximum atomic E-state index is 5.46. The second-order valence-corrected chi connectivity index (χ2v) is 16.3. The Bertz CT molecular complexity index is 3360. The topological polar surface area (TPSA) is 38.7 Å². The van der Waals surface area contributed by atoms with Gasteiger partial charge in [0.05, 0.1) is 0 Å². The van der Waals surface area contributed by atoms with Crippen molar-refractivity contribution >= 4 is 0 Å². The Morgan fingerprint density at radius 2 is 0.485 bits per heavy atom. The summed E-state index contributed by atoms with van der Waals surface area (Å²) in [6.45, 7) is 0. The van der Waals surface area contributed by atoms with Gasteiger partial charge in [0.15, 0.2) is 17.5 Å². The highest BCUT2D eigenvalue weighted by Gasteiger charge is 2.26. The Hall–Kier alpha value is -8.79. The summed E-state index contributed by atoms with van der Waals surface area (Å²) in [6, 6.07) is 92.1. The summed E-state index contributed by atoms with van der Waals surface area (Å²) in [4.78, 5) is 16.1. The van der Waals surface area contributed by atoms with E-state index in [2.05, 4.69) is 243 Å². The van der Waals surface area contributed by atoms with E-state index in [1.54, 1.807) is 0 Å². The van der Waals surface area contributed by atoms with Crippen LogP contribution >= 0.6 is 0 Å². The lowest BCUT2D eigenvalue weighted by Crippen LogP contribution is -2.02. The highest BCUT2D eigenvalue weighted by Crippen LogP contribution is 2.51. The van der Waals surface area contributed by atoms with E-state index in [1.165, 1.54) is 5.56 Å². The van der Waals surface area contributed by atoms with E-state index in [0.29, 0.717) is 17.5 Å². The molecule has 0 aliphatic heterocycles. The van der Waals surface area contributed by atoms with Crippen LogP contribution in [-0.2, 0) is 0 Å². The van der Waals surface area contributed by atoms with Crippen LogP contribution in [0.2, 0.25) is 0 Å². The van der Waals surface area contributed by atoms with Gasteiger partial charge >= 0.3 is 0 Å². The molecule has 0 unspecified atom stereocenters. The van der Waals surface area contributed by atoms with E-state index in [9.17, 15) is 0 Å². The molecular formula is C63H43N3. The minimum atomic E-state index is 0.592. The van der Waals surface area contributed by atoms with Crippen molar-refractivity contribution in [1.82, 2.24) is 15.0 Å². The molecule has 0 aliphatic rings. The van der Waals surface area contributed by atoms with E-state index in [-0.39, 0.29) is 0 Å². The zero-order valence-electron chi connectivity index (χ0n) is 36.2. The summed E-state index contributed by atoms with van der Waals surface area (Å²) in [7, 11) is 0. The van der Waals surface area contributed by atoms with Gasteiger partial charge in [-0.05, 0) is 102 Å². The Morgan fingerprint density at radius 1 is 0.167 bits per heavy atom. The fourth-order valence-electron chi connectivity index (χ4n) is 9.05. The number of hydrogen-bond donors (Lipinski definition) is 0. The monoisotopic (exact) mass is 841 g/mol. The molecule has 0 spiro atoms. The summed E-state index contributed by atoms with van der Waals surface area (Å²) in [6.07, 6.45) is 0. The normalized spacial score (nSPS) is 11.0. The molecule has 310 valence electrons. The third-order valence-corrected chi connectivity index (χ3v) is 12.1. The van der Waals surface area contributed by atoms with Crippen molar-refractivity contribution in [3.63, 3.8) is 0 Å². The van der Waals surface area contributed by atoms with E-state index in [0.717, 1.165) is 89.0 Å². The van der Waals surface area contributed by atoms with Gasteiger partial charge in [0.25, 0.3) is 0 Å². The van der Waals surface area contributed by atoms with Gasteiger partial charge in [0.2, 0.25) is 0 Å². The van der Waals surface area contributed by atoms with Crippen molar-refractivity contribution in [2.24, 2.45) is 0 Å². The number of aromatic nitrogens is 3. The molecule has 66 heavy (non-hydrogen) atoms. The number of hydrogen-bond acceptors (Lipinski definition) is 3. The summed E-state index contributed by atoms with van der Waals surface area (Å²) in [5.41, 5.74) is 18.4. The van der Waals surface area contributed by atoms with Crippen LogP contribution in [0, 0.1) is 0 Å². The maximum absolute atomic E-state index is 5.46. The standard InChI is InChI=1S/C63H43N3/c1-8-24-44(25-9-1)51-40-52(45-26-10-2-11-27-45)42-53(41-51)62-64-61(50-36-20-7-21-37-50)65-63(66-62)55-39-23-22-38-54(55)57-43-56(46-28-12-3-13-29-46)58(47-30-14-4-15-31-47)60(49-34-18-6-19-35-49)59(57)48-32-16-5-17-33-48/h1-43H. The van der Waals surface area contributed by atoms with Crippen molar-refractivity contribution < 1.29 is 0 Å². The van der Waals surface area contributed by atoms with Crippen molar-refractivity contribution in [1.29, 1.82) is 0 Å². The zero-order chi connectivity index (χ0) is 44.1. The molecular weight excluding hydrogens is 799 g/mol. The second-order valence-electron chi connectivity index (χ2n) is 16.3. The highest BCUT2D eigenvalue weighted by molar-refractivity contribution is 6.08. The molecule has 0 fully saturated rings. The molecule has 0 amide bonds. The van der Waals surface area contributed by atoms with Gasteiger partial charge in [-0.1, -0.05) is 237 Å². The fraction of sp³-hybridized carbons (Fsp3) is 0. The number of rotatable bonds is 10. The lowest BCUT2D eigenvalue weighted by atomic mass is 9.78. The third kappa shape index (κ3) is 8.02. The molecule has 10 aromatic carbocycles. The van der Waals surface area contributed by atoms with E-state index < -0.39 is 0 Å². The second kappa shape index (κ2) is 18.1. The maximum Gasteiger partial charge on any atom is 0.164 e. The first-order valence-electron chi connectivity index (χ1n) is 22.4. The lowest BCUT2D eigenvalue weighted by molar-refractivity contribution is 1.07. The van der Waals surface area contributed by atoms with Gasteiger partial charge in [0.1, 0.15) is 0 Å². The highest BCUT2D eigenvalue weighted by atomic mass is 15.0. The van der Waals surface area contributed by atoms with Crippen LogP contribution in [0.5, 0.6) is 0 Å². The average molecular weight is 842 g/mol. The molecule has 11 rings (SSSR count). The Balaban J connectivity index is 1.22. The van der Waals surface area contributed by atoms with Gasteiger partial charge in [-0.15, -0.1) is 0 Å². The smallest absolute Gasteiger partial charge is 0.164 e. The Kier molecular flexibility index (Phi) is 11.0. The first kappa shape index (κ1) is 40.0. The third-order valence-electron chi connectivity index (χ3n) is 12.1. The molecule has 0 saturated heterocycles. The Labute approximate surface area is 386 Å². The minimum Gasteiger partial charge on any atom is -0.208 e. The molecule has 1 aromatic heterocycles. The van der Waals surface area contributed by atoms with Gasteiger partial charge in [0, 0.05) is 16.7 Å². The predicted molar refractivity (Wildman–Crippen MR) is 274 cm³/mol. The SMILES string of the molecule is c1ccc(-c2cc(-c3ccccc3)cc(-c3nc(-c4ccccc4)nc(-c4ccccc4-c4cc(-c5ccccc5)c(-c5ccccc5)c(-c5ccccc5)c4-c4ccccc4)n3)c2)cc1. The summed E-state index contributed by atoms with van der Waals surface area (Å²) in [5, 5.41) is 0. The van der Waals surface area contributed by atoms with Crippen LogP contribution < -0.4 is 0 Å². The first-order chi connectivity index (χ1) is 32.7.